The summed E-state index contributed by atoms with van der Waals surface area (Å²) in [5.41, 5.74) is -0.801. The smallest absolute Gasteiger partial charge is 0.323 e. The second-order valence-corrected chi connectivity index (χ2v) is 6.58. The van der Waals surface area contributed by atoms with Gasteiger partial charge in [0.1, 0.15) is 11.4 Å². The van der Waals surface area contributed by atoms with E-state index in [0.717, 1.165) is 17.7 Å². The average molecular weight is 297 g/mol. The molecule has 2 rings (SSSR count). The number of benzene rings is 1. The van der Waals surface area contributed by atoms with Crippen LogP contribution in [0.1, 0.15) is 32.6 Å². The Labute approximate surface area is 123 Å². The molecule has 110 valence electrons. The summed E-state index contributed by atoms with van der Waals surface area (Å²) >= 11 is 1.65. The van der Waals surface area contributed by atoms with Crippen molar-refractivity contribution in [2.75, 3.05) is 6.54 Å². The molecule has 0 aliphatic heterocycles. The molecule has 0 aromatic heterocycles. The van der Waals surface area contributed by atoms with Crippen molar-refractivity contribution in [1.29, 1.82) is 0 Å². The number of nitrogens with one attached hydrogen (secondary N) is 1. The lowest BCUT2D eigenvalue weighted by Crippen LogP contribution is -2.55. The van der Waals surface area contributed by atoms with Crippen molar-refractivity contribution >= 4 is 17.7 Å². The summed E-state index contributed by atoms with van der Waals surface area (Å²) < 4.78 is 12.9. The number of likely N-dealkylation sites (N-methyl/N-ethyl adjacent to an activating group) is 1. The van der Waals surface area contributed by atoms with E-state index in [-0.39, 0.29) is 11.1 Å². The molecule has 1 aliphatic rings. The lowest BCUT2D eigenvalue weighted by atomic mass is 9.81. The summed E-state index contributed by atoms with van der Waals surface area (Å²) in [6, 6.07) is 6.40. The molecule has 1 fully saturated rings. The van der Waals surface area contributed by atoms with Crippen molar-refractivity contribution < 1.29 is 14.3 Å². The average Bonchev–Trinajstić information content (AvgIpc) is 2.42. The first-order valence-electron chi connectivity index (χ1n) is 6.96. The van der Waals surface area contributed by atoms with Crippen LogP contribution in [0, 0.1) is 5.82 Å². The molecule has 2 atom stereocenters. The second kappa shape index (κ2) is 6.59. The van der Waals surface area contributed by atoms with Gasteiger partial charge in [0.05, 0.1) is 0 Å². The van der Waals surface area contributed by atoms with Crippen LogP contribution in [0.4, 0.5) is 4.39 Å². The summed E-state index contributed by atoms with van der Waals surface area (Å²) in [6.45, 7) is 2.58. The number of halogens is 1. The number of rotatable bonds is 5. The van der Waals surface area contributed by atoms with Gasteiger partial charge in [0.15, 0.2) is 0 Å². The van der Waals surface area contributed by atoms with Gasteiger partial charge in [-0.1, -0.05) is 6.92 Å². The van der Waals surface area contributed by atoms with Gasteiger partial charge in [-0.25, -0.2) is 4.39 Å². The summed E-state index contributed by atoms with van der Waals surface area (Å²) in [5.74, 6) is -1.01. The lowest BCUT2D eigenvalue weighted by Gasteiger charge is -2.38. The van der Waals surface area contributed by atoms with E-state index in [9.17, 15) is 14.3 Å². The number of carboxylic acid groups (broad SMARTS) is 1. The van der Waals surface area contributed by atoms with Crippen LogP contribution in [0.25, 0.3) is 0 Å². The third kappa shape index (κ3) is 3.52. The summed E-state index contributed by atoms with van der Waals surface area (Å²) in [6.07, 6.45) is 3.19. The zero-order valence-electron chi connectivity index (χ0n) is 11.6. The largest absolute Gasteiger partial charge is 0.480 e. The molecule has 0 saturated heterocycles. The number of carbonyl (C=O) groups is 1. The molecule has 5 heteroatoms. The van der Waals surface area contributed by atoms with E-state index in [1.807, 2.05) is 6.92 Å². The molecule has 0 amide bonds. The molecule has 0 bridgehead atoms. The maximum Gasteiger partial charge on any atom is 0.323 e. The van der Waals surface area contributed by atoms with Crippen LogP contribution in [-0.2, 0) is 4.79 Å². The van der Waals surface area contributed by atoms with Crippen molar-refractivity contribution in [2.24, 2.45) is 0 Å². The molecule has 3 nitrogen and oxygen atoms in total. The van der Waals surface area contributed by atoms with Crippen molar-refractivity contribution in [1.82, 2.24) is 5.32 Å². The molecule has 0 spiro atoms. The highest BCUT2D eigenvalue weighted by Gasteiger charge is 2.42. The maximum absolute atomic E-state index is 12.9. The van der Waals surface area contributed by atoms with Gasteiger partial charge in [-0.05, 0) is 56.5 Å². The molecule has 1 aromatic carbocycles. The SMILES string of the molecule is CCNC1(C(=O)O)CCCC(Sc2ccc(F)cc2)C1. The summed E-state index contributed by atoms with van der Waals surface area (Å²) in [4.78, 5) is 12.6. The second-order valence-electron chi connectivity index (χ2n) is 5.21. The molecule has 2 unspecified atom stereocenters. The first-order valence-corrected chi connectivity index (χ1v) is 7.84. The highest BCUT2D eigenvalue weighted by Crippen LogP contribution is 2.38. The monoisotopic (exact) mass is 297 g/mol. The van der Waals surface area contributed by atoms with Crippen LogP contribution in [0.2, 0.25) is 0 Å². The predicted molar refractivity (Wildman–Crippen MR) is 78.6 cm³/mol. The zero-order valence-corrected chi connectivity index (χ0v) is 12.4. The van der Waals surface area contributed by atoms with Gasteiger partial charge >= 0.3 is 5.97 Å². The third-order valence-electron chi connectivity index (χ3n) is 3.75. The Morgan fingerprint density at radius 2 is 2.20 bits per heavy atom. The fourth-order valence-corrected chi connectivity index (χ4v) is 4.13. The van der Waals surface area contributed by atoms with E-state index in [4.69, 9.17) is 0 Å². The van der Waals surface area contributed by atoms with Gasteiger partial charge in [-0.2, -0.15) is 0 Å². The third-order valence-corrected chi connectivity index (χ3v) is 5.03. The quantitative estimate of drug-likeness (QED) is 0.875. The van der Waals surface area contributed by atoms with Crippen molar-refractivity contribution in [3.8, 4) is 0 Å². The van der Waals surface area contributed by atoms with E-state index in [1.165, 1.54) is 12.1 Å². The first-order chi connectivity index (χ1) is 9.55. The van der Waals surface area contributed by atoms with Gasteiger partial charge in [0, 0.05) is 10.1 Å². The van der Waals surface area contributed by atoms with Crippen molar-refractivity contribution in [2.45, 2.75) is 48.3 Å². The molecule has 1 aromatic rings. The molecule has 2 N–H and O–H groups in total. The van der Waals surface area contributed by atoms with E-state index in [0.29, 0.717) is 19.4 Å². The van der Waals surface area contributed by atoms with E-state index in [2.05, 4.69) is 5.32 Å². The minimum Gasteiger partial charge on any atom is -0.480 e. The highest BCUT2D eigenvalue weighted by molar-refractivity contribution is 8.00. The normalized spacial score (nSPS) is 26.4. The van der Waals surface area contributed by atoms with Crippen LogP contribution < -0.4 is 5.32 Å². The Bertz CT molecular complexity index is 461. The fraction of sp³-hybridized carbons (Fsp3) is 0.533. The van der Waals surface area contributed by atoms with Crippen LogP contribution >= 0.6 is 11.8 Å². The minimum atomic E-state index is -0.801. The van der Waals surface area contributed by atoms with Crippen molar-refractivity contribution in [3.63, 3.8) is 0 Å². The zero-order chi connectivity index (χ0) is 14.6. The molecule has 1 aliphatic carbocycles. The Hall–Kier alpha value is -1.07. The van der Waals surface area contributed by atoms with E-state index in [1.54, 1.807) is 23.9 Å². The molecular formula is C15H20FNO2S. The number of hydrogen-bond donors (Lipinski definition) is 2. The number of hydrogen-bond acceptors (Lipinski definition) is 3. The molecule has 20 heavy (non-hydrogen) atoms. The van der Waals surface area contributed by atoms with Crippen LogP contribution in [0.5, 0.6) is 0 Å². The van der Waals surface area contributed by atoms with Crippen LogP contribution in [0.3, 0.4) is 0 Å². The number of thioether (sulfide) groups is 1. The van der Waals surface area contributed by atoms with Crippen LogP contribution in [-0.4, -0.2) is 28.4 Å². The Balaban J connectivity index is 2.05. The first kappa shape index (κ1) is 15.3. The van der Waals surface area contributed by atoms with E-state index >= 15 is 0 Å². The summed E-state index contributed by atoms with van der Waals surface area (Å²) in [5, 5.41) is 12.9. The van der Waals surface area contributed by atoms with Gasteiger partial charge in [0.2, 0.25) is 0 Å². The van der Waals surface area contributed by atoms with Gasteiger partial charge in [0.25, 0.3) is 0 Å². The maximum atomic E-state index is 12.9. The van der Waals surface area contributed by atoms with Gasteiger partial charge in [-0.3, -0.25) is 4.79 Å². The molecular weight excluding hydrogens is 277 g/mol. The number of aliphatic carboxylic acids is 1. The molecule has 1 saturated carbocycles. The van der Waals surface area contributed by atoms with Crippen LogP contribution in [0.15, 0.2) is 29.2 Å². The van der Waals surface area contributed by atoms with E-state index < -0.39 is 11.5 Å². The van der Waals surface area contributed by atoms with Gasteiger partial charge in [-0.15, -0.1) is 11.8 Å². The fourth-order valence-electron chi connectivity index (χ4n) is 2.80. The topological polar surface area (TPSA) is 49.3 Å². The Kier molecular flexibility index (Phi) is 5.05. The molecule has 0 heterocycles. The Morgan fingerprint density at radius 1 is 1.50 bits per heavy atom. The standard InChI is InChI=1S/C15H20FNO2S/c1-2-17-15(14(18)19)9-3-4-13(10-15)20-12-7-5-11(16)6-8-12/h5-8,13,17H,2-4,9-10H2,1H3,(H,18,19). The number of carboxylic acids is 1. The minimum absolute atomic E-state index is 0.245. The highest BCUT2D eigenvalue weighted by atomic mass is 32.2. The molecule has 0 radical (unpaired) electrons. The Morgan fingerprint density at radius 3 is 2.80 bits per heavy atom. The lowest BCUT2D eigenvalue weighted by molar-refractivity contribution is -0.146. The van der Waals surface area contributed by atoms with Crippen molar-refractivity contribution in [3.05, 3.63) is 30.1 Å². The predicted octanol–water partition coefficient (Wildman–Crippen LogP) is 3.29. The summed E-state index contributed by atoms with van der Waals surface area (Å²) in [7, 11) is 0. The van der Waals surface area contributed by atoms with Gasteiger partial charge < -0.3 is 10.4 Å².